The van der Waals surface area contributed by atoms with Gasteiger partial charge in [0.1, 0.15) is 0 Å². The quantitative estimate of drug-likeness (QED) is 0.794. The summed E-state index contributed by atoms with van der Waals surface area (Å²) in [5.74, 6) is 1.57. The maximum absolute atomic E-state index is 4.09. The molecule has 0 amide bonds. The average Bonchev–Trinajstić information content (AvgIpc) is 3.13. The molecule has 88 valence electrons. The Morgan fingerprint density at radius 3 is 2.62 bits per heavy atom. The lowest BCUT2D eigenvalue weighted by atomic mass is 9.90. The lowest BCUT2D eigenvalue weighted by Gasteiger charge is -2.25. The van der Waals surface area contributed by atoms with E-state index < -0.39 is 0 Å². The zero-order valence-corrected chi connectivity index (χ0v) is 10.3. The summed E-state index contributed by atoms with van der Waals surface area (Å²) in [4.78, 5) is 4.09. The molecule has 1 fully saturated rings. The van der Waals surface area contributed by atoms with Crippen LogP contribution in [0, 0.1) is 5.92 Å². The van der Waals surface area contributed by atoms with E-state index in [1.165, 1.54) is 24.8 Å². The average molecular weight is 218 g/mol. The molecule has 0 spiro atoms. The van der Waals surface area contributed by atoms with Crippen molar-refractivity contribution in [3.8, 4) is 0 Å². The van der Waals surface area contributed by atoms with Gasteiger partial charge in [0.2, 0.25) is 0 Å². The molecule has 16 heavy (non-hydrogen) atoms. The van der Waals surface area contributed by atoms with Gasteiger partial charge in [0.15, 0.2) is 0 Å². The zero-order chi connectivity index (χ0) is 11.4. The lowest BCUT2D eigenvalue weighted by Crippen LogP contribution is -2.34. The van der Waals surface area contributed by atoms with Crippen molar-refractivity contribution in [2.75, 3.05) is 6.54 Å². The molecule has 1 aliphatic carbocycles. The minimum absolute atomic E-state index is 0.587. The van der Waals surface area contributed by atoms with E-state index in [9.17, 15) is 0 Å². The molecule has 2 rings (SSSR count). The molecule has 1 aromatic rings. The SMILES string of the molecule is CCNC(CC1CC1)C(C)c1ccncc1. The number of nitrogens with one attached hydrogen (secondary N) is 1. The molecule has 2 heteroatoms. The second-order valence-electron chi connectivity index (χ2n) is 4.91. The van der Waals surface area contributed by atoms with Crippen molar-refractivity contribution in [3.63, 3.8) is 0 Å². The predicted molar refractivity (Wildman–Crippen MR) is 67.5 cm³/mol. The molecule has 2 unspecified atom stereocenters. The highest BCUT2D eigenvalue weighted by Gasteiger charge is 2.28. The van der Waals surface area contributed by atoms with Crippen LogP contribution in [-0.4, -0.2) is 17.6 Å². The minimum Gasteiger partial charge on any atom is -0.314 e. The number of rotatable bonds is 6. The van der Waals surface area contributed by atoms with Crippen LogP contribution in [0.1, 0.15) is 44.6 Å². The van der Waals surface area contributed by atoms with E-state index in [2.05, 4.69) is 36.3 Å². The number of likely N-dealkylation sites (N-methyl/N-ethyl adjacent to an activating group) is 1. The number of hydrogen-bond acceptors (Lipinski definition) is 2. The van der Waals surface area contributed by atoms with Gasteiger partial charge in [-0.3, -0.25) is 4.98 Å². The van der Waals surface area contributed by atoms with Crippen LogP contribution in [0.25, 0.3) is 0 Å². The molecule has 1 heterocycles. The number of pyridine rings is 1. The molecule has 1 aliphatic rings. The van der Waals surface area contributed by atoms with E-state index >= 15 is 0 Å². The van der Waals surface area contributed by atoms with Gasteiger partial charge in [-0.2, -0.15) is 0 Å². The Hall–Kier alpha value is -0.890. The smallest absolute Gasteiger partial charge is 0.0270 e. The van der Waals surface area contributed by atoms with Crippen molar-refractivity contribution in [3.05, 3.63) is 30.1 Å². The Bertz CT molecular complexity index is 306. The van der Waals surface area contributed by atoms with Gasteiger partial charge in [-0.15, -0.1) is 0 Å². The Balaban J connectivity index is 2.00. The summed E-state index contributed by atoms with van der Waals surface area (Å²) >= 11 is 0. The highest BCUT2D eigenvalue weighted by molar-refractivity contribution is 5.17. The monoisotopic (exact) mass is 218 g/mol. The first-order chi connectivity index (χ1) is 7.81. The van der Waals surface area contributed by atoms with E-state index in [-0.39, 0.29) is 0 Å². The number of aromatic nitrogens is 1. The molecular weight excluding hydrogens is 196 g/mol. The molecular formula is C14H22N2. The third-order valence-corrected chi connectivity index (χ3v) is 3.59. The van der Waals surface area contributed by atoms with Crippen molar-refractivity contribution in [1.29, 1.82) is 0 Å². The topological polar surface area (TPSA) is 24.9 Å². The van der Waals surface area contributed by atoms with Gasteiger partial charge in [0.25, 0.3) is 0 Å². The van der Waals surface area contributed by atoms with Crippen molar-refractivity contribution in [2.24, 2.45) is 5.92 Å². The Labute approximate surface area is 98.5 Å². The van der Waals surface area contributed by atoms with E-state index in [1.54, 1.807) is 0 Å². The highest BCUT2D eigenvalue weighted by Crippen LogP contribution is 2.36. The molecule has 2 nitrogen and oxygen atoms in total. The summed E-state index contributed by atoms with van der Waals surface area (Å²) in [6, 6.07) is 4.91. The normalized spacial score (nSPS) is 19.4. The van der Waals surface area contributed by atoms with E-state index in [4.69, 9.17) is 0 Å². The fourth-order valence-electron chi connectivity index (χ4n) is 2.34. The molecule has 1 aromatic heterocycles. The summed E-state index contributed by atoms with van der Waals surface area (Å²) in [6.07, 6.45) is 7.99. The molecule has 0 aromatic carbocycles. The van der Waals surface area contributed by atoms with Crippen LogP contribution in [0.3, 0.4) is 0 Å². The first-order valence-corrected chi connectivity index (χ1v) is 6.44. The first kappa shape index (κ1) is 11.6. The van der Waals surface area contributed by atoms with Crippen molar-refractivity contribution in [2.45, 2.75) is 45.1 Å². The van der Waals surface area contributed by atoms with Crippen molar-refractivity contribution < 1.29 is 0 Å². The van der Waals surface area contributed by atoms with E-state index in [1.807, 2.05) is 12.4 Å². The Morgan fingerprint density at radius 1 is 1.38 bits per heavy atom. The summed E-state index contributed by atoms with van der Waals surface area (Å²) in [7, 11) is 0. The molecule has 0 bridgehead atoms. The summed E-state index contributed by atoms with van der Waals surface area (Å²) < 4.78 is 0. The van der Waals surface area contributed by atoms with Gasteiger partial charge in [-0.05, 0) is 42.5 Å². The Morgan fingerprint density at radius 2 is 2.06 bits per heavy atom. The van der Waals surface area contributed by atoms with Gasteiger partial charge in [-0.25, -0.2) is 0 Å². The molecule has 2 atom stereocenters. The standard InChI is InChI=1S/C14H22N2/c1-3-16-14(10-12-4-5-12)11(2)13-6-8-15-9-7-13/h6-9,11-12,14,16H,3-5,10H2,1-2H3. The summed E-state index contributed by atoms with van der Waals surface area (Å²) in [6.45, 7) is 5.58. The van der Waals surface area contributed by atoms with Gasteiger partial charge in [0.05, 0.1) is 0 Å². The maximum Gasteiger partial charge on any atom is 0.0270 e. The lowest BCUT2D eigenvalue weighted by molar-refractivity contribution is 0.414. The second kappa shape index (κ2) is 5.44. The van der Waals surface area contributed by atoms with Crippen LogP contribution in [0.5, 0.6) is 0 Å². The van der Waals surface area contributed by atoms with Crippen LogP contribution in [0.2, 0.25) is 0 Å². The Kier molecular flexibility index (Phi) is 3.94. The van der Waals surface area contributed by atoms with Crippen LogP contribution >= 0.6 is 0 Å². The zero-order valence-electron chi connectivity index (χ0n) is 10.3. The van der Waals surface area contributed by atoms with Crippen LogP contribution in [-0.2, 0) is 0 Å². The second-order valence-corrected chi connectivity index (χ2v) is 4.91. The van der Waals surface area contributed by atoms with E-state index in [0.29, 0.717) is 12.0 Å². The number of hydrogen-bond donors (Lipinski definition) is 1. The van der Waals surface area contributed by atoms with Gasteiger partial charge in [-0.1, -0.05) is 26.7 Å². The number of nitrogens with zero attached hydrogens (tertiary/aromatic N) is 1. The van der Waals surface area contributed by atoms with Crippen LogP contribution < -0.4 is 5.32 Å². The molecule has 0 radical (unpaired) electrons. The molecule has 1 N–H and O–H groups in total. The van der Waals surface area contributed by atoms with Gasteiger partial charge in [0, 0.05) is 18.4 Å². The van der Waals surface area contributed by atoms with Gasteiger partial charge < -0.3 is 5.32 Å². The fraction of sp³-hybridized carbons (Fsp3) is 0.643. The highest BCUT2D eigenvalue weighted by atomic mass is 14.9. The van der Waals surface area contributed by atoms with Crippen LogP contribution in [0.4, 0.5) is 0 Å². The fourth-order valence-corrected chi connectivity index (χ4v) is 2.34. The van der Waals surface area contributed by atoms with Crippen molar-refractivity contribution in [1.82, 2.24) is 10.3 Å². The maximum atomic E-state index is 4.09. The largest absolute Gasteiger partial charge is 0.314 e. The van der Waals surface area contributed by atoms with Crippen molar-refractivity contribution >= 4 is 0 Å². The third-order valence-electron chi connectivity index (χ3n) is 3.59. The first-order valence-electron chi connectivity index (χ1n) is 6.44. The molecule has 0 saturated heterocycles. The predicted octanol–water partition coefficient (Wildman–Crippen LogP) is 2.96. The summed E-state index contributed by atoms with van der Waals surface area (Å²) in [5, 5.41) is 3.63. The molecule has 0 aliphatic heterocycles. The van der Waals surface area contributed by atoms with Crippen LogP contribution in [0.15, 0.2) is 24.5 Å². The molecule has 1 saturated carbocycles. The van der Waals surface area contributed by atoms with E-state index in [0.717, 1.165) is 12.5 Å². The third kappa shape index (κ3) is 3.05. The minimum atomic E-state index is 0.587. The summed E-state index contributed by atoms with van der Waals surface area (Å²) in [5.41, 5.74) is 1.40. The van der Waals surface area contributed by atoms with Gasteiger partial charge >= 0.3 is 0 Å².